The number of benzene rings is 4. The van der Waals surface area contributed by atoms with Gasteiger partial charge in [-0.15, -0.1) is 0 Å². The third-order valence-corrected chi connectivity index (χ3v) is 10.1. The molecule has 0 aliphatic carbocycles. The maximum absolute atomic E-state index is 12.5. The molecule has 0 bridgehead atoms. The number of carbonyl (C=O) groups excluding carboxylic acids is 2. The van der Waals surface area contributed by atoms with E-state index in [-0.39, 0.29) is 31.3 Å². The Balaban J connectivity index is 1.16. The minimum absolute atomic E-state index is 0.0211. The SMILES string of the molecule is CC(=O)O[C@@H](C)C(=O)NCc1ccccc1-c1ccc([C@@H]2O[C@H](CN3CCC(O)(c4ccc(Cl)cc4)CC3)C[C@H](c3ccc(CO)cc3)O2)cc1. The van der Waals surface area contributed by atoms with E-state index in [1.165, 1.54) is 6.92 Å². The minimum Gasteiger partial charge on any atom is -0.453 e. The van der Waals surface area contributed by atoms with Crippen LogP contribution in [-0.4, -0.2) is 58.8 Å². The van der Waals surface area contributed by atoms with Crippen LogP contribution < -0.4 is 5.32 Å². The third-order valence-electron chi connectivity index (χ3n) is 9.82. The molecular weight excluding hydrogens is 668 g/mol. The smallest absolute Gasteiger partial charge is 0.303 e. The van der Waals surface area contributed by atoms with Crippen LogP contribution in [0, 0.1) is 0 Å². The summed E-state index contributed by atoms with van der Waals surface area (Å²) in [5.41, 5.74) is 5.63. The van der Waals surface area contributed by atoms with Crippen molar-refractivity contribution in [1.82, 2.24) is 10.2 Å². The average Bonchev–Trinajstić information content (AvgIpc) is 3.15. The second-order valence-corrected chi connectivity index (χ2v) is 13.9. The molecule has 51 heavy (non-hydrogen) atoms. The second-order valence-electron chi connectivity index (χ2n) is 13.4. The zero-order valence-electron chi connectivity index (χ0n) is 29.0. The molecule has 0 saturated carbocycles. The fourth-order valence-corrected chi connectivity index (χ4v) is 7.01. The number of aliphatic hydroxyl groups is 2. The van der Waals surface area contributed by atoms with Gasteiger partial charge >= 0.3 is 5.97 Å². The lowest BCUT2D eigenvalue weighted by molar-refractivity contribution is -0.253. The van der Waals surface area contributed by atoms with Gasteiger partial charge in [-0.25, -0.2) is 0 Å². The van der Waals surface area contributed by atoms with Gasteiger partial charge in [0.25, 0.3) is 5.91 Å². The Hall–Kier alpha value is -4.09. The first-order valence-corrected chi connectivity index (χ1v) is 17.8. The van der Waals surface area contributed by atoms with Crippen molar-refractivity contribution in [3.05, 3.63) is 130 Å². The van der Waals surface area contributed by atoms with Crippen molar-refractivity contribution in [2.75, 3.05) is 19.6 Å². The number of esters is 1. The summed E-state index contributed by atoms with van der Waals surface area (Å²) in [7, 11) is 0. The van der Waals surface area contributed by atoms with Crippen molar-refractivity contribution in [3.63, 3.8) is 0 Å². The van der Waals surface area contributed by atoms with Gasteiger partial charge in [0.15, 0.2) is 12.4 Å². The van der Waals surface area contributed by atoms with E-state index >= 15 is 0 Å². The normalized spacial score (nSPS) is 21.1. The van der Waals surface area contributed by atoms with E-state index in [1.54, 1.807) is 6.92 Å². The van der Waals surface area contributed by atoms with Crippen LogP contribution in [0.25, 0.3) is 11.1 Å². The van der Waals surface area contributed by atoms with Crippen LogP contribution in [-0.2, 0) is 42.6 Å². The van der Waals surface area contributed by atoms with Gasteiger partial charge in [-0.05, 0) is 65.3 Å². The molecule has 268 valence electrons. The lowest BCUT2D eigenvalue weighted by atomic mass is 9.84. The molecule has 6 rings (SSSR count). The number of amides is 1. The number of aliphatic hydroxyl groups excluding tert-OH is 1. The molecule has 2 fully saturated rings. The molecule has 2 aliphatic rings. The van der Waals surface area contributed by atoms with Crippen LogP contribution in [0.15, 0.2) is 97.1 Å². The summed E-state index contributed by atoms with van der Waals surface area (Å²) in [6.45, 7) is 5.26. The molecule has 2 aliphatic heterocycles. The number of piperidine rings is 1. The summed E-state index contributed by atoms with van der Waals surface area (Å²) in [5, 5.41) is 24.5. The third kappa shape index (κ3) is 9.23. The first-order chi connectivity index (χ1) is 24.6. The number of carbonyl (C=O) groups is 2. The number of ether oxygens (including phenoxy) is 3. The van der Waals surface area contributed by atoms with Crippen LogP contribution in [0.4, 0.5) is 0 Å². The Morgan fingerprint density at radius 3 is 2.27 bits per heavy atom. The van der Waals surface area contributed by atoms with Gasteiger partial charge in [-0.3, -0.25) is 9.59 Å². The number of likely N-dealkylation sites (tertiary alicyclic amines) is 1. The van der Waals surface area contributed by atoms with Crippen molar-refractivity contribution in [1.29, 1.82) is 0 Å². The number of rotatable bonds is 11. The Bertz CT molecular complexity index is 1770. The molecule has 3 N–H and O–H groups in total. The summed E-state index contributed by atoms with van der Waals surface area (Å²) in [5.74, 6) is -0.866. The topological polar surface area (TPSA) is 118 Å². The molecule has 10 heteroatoms. The first-order valence-electron chi connectivity index (χ1n) is 17.4. The van der Waals surface area contributed by atoms with Crippen LogP contribution in [0.5, 0.6) is 0 Å². The highest BCUT2D eigenvalue weighted by Crippen LogP contribution is 2.40. The van der Waals surface area contributed by atoms with E-state index in [4.69, 9.17) is 25.8 Å². The van der Waals surface area contributed by atoms with Gasteiger partial charge in [-0.2, -0.15) is 0 Å². The monoisotopic (exact) mass is 712 g/mol. The molecule has 2 saturated heterocycles. The van der Waals surface area contributed by atoms with Gasteiger partial charge < -0.3 is 34.6 Å². The number of hydrogen-bond acceptors (Lipinski definition) is 8. The quantitative estimate of drug-likeness (QED) is 0.149. The molecule has 0 unspecified atom stereocenters. The van der Waals surface area contributed by atoms with Gasteiger partial charge in [0.2, 0.25) is 0 Å². The lowest BCUT2D eigenvalue weighted by Gasteiger charge is -2.42. The van der Waals surface area contributed by atoms with Crippen molar-refractivity contribution >= 4 is 23.5 Å². The number of hydrogen-bond donors (Lipinski definition) is 3. The summed E-state index contributed by atoms with van der Waals surface area (Å²) < 4.78 is 18.2. The highest BCUT2D eigenvalue weighted by atomic mass is 35.5. The van der Waals surface area contributed by atoms with Crippen molar-refractivity contribution in [3.8, 4) is 11.1 Å². The highest BCUT2D eigenvalue weighted by Gasteiger charge is 2.37. The predicted molar refractivity (Wildman–Crippen MR) is 194 cm³/mol. The molecule has 4 aromatic rings. The molecule has 9 nitrogen and oxygen atoms in total. The van der Waals surface area contributed by atoms with Crippen molar-refractivity contribution in [2.24, 2.45) is 0 Å². The summed E-state index contributed by atoms with van der Waals surface area (Å²) in [6.07, 6.45) is 0.0870. The summed E-state index contributed by atoms with van der Waals surface area (Å²) in [6, 6.07) is 31.3. The molecule has 2 heterocycles. The second kappa shape index (κ2) is 16.5. The molecule has 1 amide bonds. The average molecular weight is 713 g/mol. The molecule has 4 atom stereocenters. The molecule has 0 aromatic heterocycles. The van der Waals surface area contributed by atoms with Crippen LogP contribution in [0.2, 0.25) is 5.02 Å². The van der Waals surface area contributed by atoms with Gasteiger partial charge in [0.1, 0.15) is 0 Å². The van der Waals surface area contributed by atoms with E-state index < -0.39 is 24.0 Å². The minimum atomic E-state index is -0.884. The largest absolute Gasteiger partial charge is 0.453 e. The van der Waals surface area contributed by atoms with Crippen LogP contribution >= 0.6 is 11.6 Å². The molecule has 0 spiro atoms. The fourth-order valence-electron chi connectivity index (χ4n) is 6.88. The standard InChI is InChI=1S/C41H45ClN2O7/c1-27(49-28(2)46)39(47)43-24-33-5-3-4-6-37(33)30-11-13-32(14-12-30)40-50-36(23-38(51-40)31-9-7-29(26-45)8-10-31)25-44-21-19-41(48,20-22-44)34-15-17-35(42)18-16-34/h3-18,27,36,38,40,45,48H,19-26H2,1-2H3,(H,43,47)/t27-,36-,38+,40+/m0/s1. The van der Waals surface area contributed by atoms with E-state index in [9.17, 15) is 19.8 Å². The molecule has 0 radical (unpaired) electrons. The van der Waals surface area contributed by atoms with E-state index in [0.717, 1.165) is 52.0 Å². The number of nitrogens with one attached hydrogen (secondary N) is 1. The Kier molecular flexibility index (Phi) is 11.9. The summed E-state index contributed by atoms with van der Waals surface area (Å²) in [4.78, 5) is 26.1. The fraction of sp³-hybridized carbons (Fsp3) is 0.366. The highest BCUT2D eigenvalue weighted by molar-refractivity contribution is 6.30. The van der Waals surface area contributed by atoms with Crippen molar-refractivity contribution < 1.29 is 34.0 Å². The van der Waals surface area contributed by atoms with Gasteiger partial charge in [0, 0.05) is 50.1 Å². The van der Waals surface area contributed by atoms with Gasteiger partial charge in [0.05, 0.1) is 24.4 Å². The Morgan fingerprint density at radius 2 is 1.61 bits per heavy atom. The molecular formula is C41H45ClN2O7. The van der Waals surface area contributed by atoms with Crippen LogP contribution in [0.1, 0.15) is 73.3 Å². The maximum atomic E-state index is 12.5. The van der Waals surface area contributed by atoms with E-state index in [0.29, 0.717) is 30.8 Å². The first kappa shape index (κ1) is 36.7. The maximum Gasteiger partial charge on any atom is 0.303 e. The Morgan fingerprint density at radius 1 is 0.941 bits per heavy atom. The zero-order chi connectivity index (χ0) is 36.0. The van der Waals surface area contributed by atoms with Crippen molar-refractivity contribution in [2.45, 2.75) is 76.5 Å². The Labute approximate surface area is 304 Å². The molecule has 4 aromatic carbocycles. The van der Waals surface area contributed by atoms with Gasteiger partial charge in [-0.1, -0.05) is 96.5 Å². The number of halogens is 1. The van der Waals surface area contributed by atoms with E-state index in [1.807, 2.05) is 97.1 Å². The number of nitrogens with zero attached hydrogens (tertiary/aromatic N) is 1. The summed E-state index contributed by atoms with van der Waals surface area (Å²) >= 11 is 6.09. The van der Waals surface area contributed by atoms with E-state index in [2.05, 4.69) is 10.2 Å². The zero-order valence-corrected chi connectivity index (χ0v) is 29.7. The predicted octanol–water partition coefficient (Wildman–Crippen LogP) is 6.60. The van der Waals surface area contributed by atoms with Crippen LogP contribution in [0.3, 0.4) is 0 Å². The lowest BCUT2D eigenvalue weighted by Crippen LogP contribution is -2.46.